The predicted octanol–water partition coefficient (Wildman–Crippen LogP) is 2.94. The molecule has 3 aliphatic rings. The average molecular weight is 283 g/mol. The van der Waals surface area contributed by atoms with Crippen molar-refractivity contribution in [1.82, 2.24) is 5.32 Å². The van der Waals surface area contributed by atoms with E-state index < -0.39 is 0 Å². The number of rotatable bonds is 3. The minimum absolute atomic E-state index is 0. The fourth-order valence-corrected chi connectivity index (χ4v) is 2.24. The maximum absolute atomic E-state index is 3.58. The van der Waals surface area contributed by atoms with Crippen LogP contribution >= 0.6 is 0 Å². The van der Waals surface area contributed by atoms with Crippen molar-refractivity contribution in [1.29, 1.82) is 0 Å². The maximum atomic E-state index is 3.58. The van der Waals surface area contributed by atoms with Crippen LogP contribution in [0.2, 0.25) is 0 Å². The molecule has 10 radical (unpaired) electrons. The first kappa shape index (κ1) is 16.5. The van der Waals surface area contributed by atoms with Crippen LogP contribution in [0.15, 0.2) is 0 Å². The maximum Gasteiger partial charge on any atom is 2.00 e. The van der Waals surface area contributed by atoms with Crippen LogP contribution in [0.3, 0.4) is 0 Å². The summed E-state index contributed by atoms with van der Waals surface area (Å²) in [5.74, 6) is 1.42. The van der Waals surface area contributed by atoms with Crippen LogP contribution in [-0.2, 0) is 17.1 Å². The molecule has 3 saturated carbocycles. The first-order chi connectivity index (χ1) is 8.45. The fraction of sp³-hybridized carbons (Fsp3) is 0.375. The van der Waals surface area contributed by atoms with Gasteiger partial charge in [0.05, 0.1) is 0 Å². The number of nitrogens with one attached hydrogen (secondary N) is 1. The van der Waals surface area contributed by atoms with Crippen molar-refractivity contribution < 1.29 is 17.1 Å². The third-order valence-electron chi connectivity index (χ3n) is 3.24. The molecule has 0 spiro atoms. The predicted molar refractivity (Wildman–Crippen MR) is 72.2 cm³/mol. The summed E-state index contributed by atoms with van der Waals surface area (Å²) in [6.45, 7) is 1.05. The van der Waals surface area contributed by atoms with Crippen molar-refractivity contribution in [2.45, 2.75) is 31.7 Å². The molecule has 3 fully saturated rings. The summed E-state index contributed by atoms with van der Waals surface area (Å²) in [5, 5.41) is 3.58. The SMILES string of the molecule is [CH]1[CH][CH][CH][CH]1.[CH]1[CH][CH][C](CNC2CCCC2)[CH]1.[Fe+2]. The van der Waals surface area contributed by atoms with E-state index in [1.807, 2.05) is 32.1 Å². The van der Waals surface area contributed by atoms with Gasteiger partial charge in [0.25, 0.3) is 0 Å². The van der Waals surface area contributed by atoms with Crippen LogP contribution < -0.4 is 5.32 Å². The van der Waals surface area contributed by atoms with Gasteiger partial charge in [-0.15, -0.1) is 0 Å². The molecule has 0 heterocycles. The summed E-state index contributed by atoms with van der Waals surface area (Å²) in [4.78, 5) is 0. The molecule has 1 N–H and O–H groups in total. The van der Waals surface area contributed by atoms with Gasteiger partial charge in [-0.1, -0.05) is 12.8 Å². The van der Waals surface area contributed by atoms with Gasteiger partial charge in [0.1, 0.15) is 0 Å². The van der Waals surface area contributed by atoms with E-state index >= 15 is 0 Å². The molecule has 0 bridgehead atoms. The zero-order valence-electron chi connectivity index (χ0n) is 10.7. The van der Waals surface area contributed by atoms with Gasteiger partial charge in [-0.2, -0.15) is 0 Å². The zero-order valence-corrected chi connectivity index (χ0v) is 11.8. The van der Waals surface area contributed by atoms with E-state index in [9.17, 15) is 0 Å². The van der Waals surface area contributed by atoms with Crippen molar-refractivity contribution in [3.05, 3.63) is 63.7 Å². The quantitative estimate of drug-likeness (QED) is 0.785. The molecule has 0 aromatic heterocycles. The Kier molecular flexibility index (Phi) is 9.45. The average Bonchev–Trinajstić information content (AvgIpc) is 3.12. The van der Waals surface area contributed by atoms with Crippen LogP contribution in [0, 0.1) is 63.7 Å². The van der Waals surface area contributed by atoms with Crippen LogP contribution in [0.5, 0.6) is 0 Å². The summed E-state index contributed by atoms with van der Waals surface area (Å²) in [7, 11) is 0. The van der Waals surface area contributed by atoms with Crippen molar-refractivity contribution in [2.24, 2.45) is 0 Å². The minimum Gasteiger partial charge on any atom is -0.313 e. The van der Waals surface area contributed by atoms with Gasteiger partial charge < -0.3 is 5.32 Å². The van der Waals surface area contributed by atoms with Crippen LogP contribution in [0.1, 0.15) is 25.7 Å². The molecule has 1 nitrogen and oxygen atoms in total. The van der Waals surface area contributed by atoms with Gasteiger partial charge in [0, 0.05) is 12.6 Å². The van der Waals surface area contributed by atoms with Gasteiger partial charge in [-0.05, 0) is 76.5 Å². The van der Waals surface area contributed by atoms with E-state index in [0.717, 1.165) is 12.6 Å². The molecule has 96 valence electrons. The molecule has 0 aromatic rings. The van der Waals surface area contributed by atoms with E-state index in [1.54, 1.807) is 0 Å². The van der Waals surface area contributed by atoms with Crippen LogP contribution in [-0.4, -0.2) is 12.6 Å². The largest absolute Gasteiger partial charge is 2.00 e. The van der Waals surface area contributed by atoms with Gasteiger partial charge in [-0.25, -0.2) is 0 Å². The van der Waals surface area contributed by atoms with Crippen LogP contribution in [0.4, 0.5) is 0 Å². The second kappa shape index (κ2) is 10.3. The van der Waals surface area contributed by atoms with Gasteiger partial charge in [0.2, 0.25) is 0 Å². The third-order valence-corrected chi connectivity index (χ3v) is 3.24. The molecule has 0 aliphatic heterocycles. The van der Waals surface area contributed by atoms with E-state index in [-0.39, 0.29) is 17.1 Å². The molecule has 18 heavy (non-hydrogen) atoms. The van der Waals surface area contributed by atoms with Gasteiger partial charge in [-0.3, -0.25) is 0 Å². The molecule has 0 amide bonds. The molecule has 0 saturated heterocycles. The summed E-state index contributed by atoms with van der Waals surface area (Å²) in [5.41, 5.74) is 0. The molecular formula is C16H21FeN+2. The number of hydrogen-bond acceptors (Lipinski definition) is 1. The minimum atomic E-state index is 0. The smallest absolute Gasteiger partial charge is 0.313 e. The molecule has 0 atom stereocenters. The summed E-state index contributed by atoms with van der Waals surface area (Å²) in [6, 6.07) is 0.792. The van der Waals surface area contributed by atoms with Crippen LogP contribution in [0.25, 0.3) is 0 Å². The Hall–Kier alpha value is 0.479. The Balaban J connectivity index is 0.000000230. The number of hydrogen-bond donors (Lipinski definition) is 1. The summed E-state index contributed by atoms with van der Waals surface area (Å²) in [6.07, 6.45) is 24.2. The topological polar surface area (TPSA) is 12.0 Å². The second-order valence-electron chi connectivity index (χ2n) is 4.62. The van der Waals surface area contributed by atoms with Crippen molar-refractivity contribution in [2.75, 3.05) is 6.54 Å². The van der Waals surface area contributed by atoms with Crippen molar-refractivity contribution in [3.63, 3.8) is 0 Å². The Labute approximate surface area is 124 Å². The van der Waals surface area contributed by atoms with Crippen molar-refractivity contribution in [3.8, 4) is 0 Å². The molecule has 2 heteroatoms. The molecule has 3 aliphatic carbocycles. The summed E-state index contributed by atoms with van der Waals surface area (Å²) >= 11 is 0. The molecule has 0 aromatic carbocycles. The van der Waals surface area contributed by atoms with Gasteiger partial charge in [0.15, 0.2) is 0 Å². The second-order valence-corrected chi connectivity index (χ2v) is 4.62. The monoisotopic (exact) mass is 283 g/mol. The van der Waals surface area contributed by atoms with E-state index in [1.165, 1.54) is 31.6 Å². The van der Waals surface area contributed by atoms with E-state index in [0.29, 0.717) is 0 Å². The first-order valence-corrected chi connectivity index (χ1v) is 6.56. The van der Waals surface area contributed by atoms with E-state index in [4.69, 9.17) is 0 Å². The Bertz CT molecular complexity index is 156. The fourth-order valence-electron chi connectivity index (χ4n) is 2.24. The Morgan fingerprint density at radius 3 is 1.83 bits per heavy atom. The zero-order chi connectivity index (χ0) is 11.8. The Morgan fingerprint density at radius 1 is 0.833 bits per heavy atom. The molecular weight excluding hydrogens is 262 g/mol. The Morgan fingerprint density at radius 2 is 1.33 bits per heavy atom. The van der Waals surface area contributed by atoms with E-state index in [2.05, 4.69) is 31.0 Å². The first-order valence-electron chi connectivity index (χ1n) is 6.56. The normalized spacial score (nSPS) is 24.7. The summed E-state index contributed by atoms with van der Waals surface area (Å²) < 4.78 is 0. The van der Waals surface area contributed by atoms with Gasteiger partial charge >= 0.3 is 17.1 Å². The molecule has 3 rings (SSSR count). The third kappa shape index (κ3) is 6.59. The standard InChI is InChI=1S/C11H16N.C5H5.Fe/c1-2-6-10(5-1)9-12-11-7-3-4-8-11;1-2-4-5-3-1;/h1-2,5-6,11-12H,3-4,7-9H2;1-5H;/q;;+2. The van der Waals surface area contributed by atoms with Crippen molar-refractivity contribution >= 4 is 0 Å². The molecule has 0 unspecified atom stereocenters.